The zero-order valence-electron chi connectivity index (χ0n) is 9.27. The molecule has 82 valence electrons. The van der Waals surface area contributed by atoms with E-state index in [9.17, 15) is 4.79 Å². The van der Waals surface area contributed by atoms with E-state index in [1.165, 1.54) is 6.92 Å². The minimum absolute atomic E-state index is 0.0722. The number of anilines is 1. The SMILES string of the molecule is CC(=O)Nc1cccc(-c2nccn2C)c1. The molecule has 0 aliphatic heterocycles. The molecule has 0 fully saturated rings. The highest BCUT2D eigenvalue weighted by atomic mass is 16.1. The Morgan fingerprint density at radius 1 is 1.44 bits per heavy atom. The number of imidazole rings is 1. The van der Waals surface area contributed by atoms with Crippen molar-refractivity contribution in [3.63, 3.8) is 0 Å². The zero-order chi connectivity index (χ0) is 11.5. The number of hydrogen-bond acceptors (Lipinski definition) is 2. The van der Waals surface area contributed by atoms with E-state index in [0.717, 1.165) is 17.1 Å². The average Bonchev–Trinajstić information content (AvgIpc) is 2.64. The van der Waals surface area contributed by atoms with E-state index in [1.807, 2.05) is 42.1 Å². The van der Waals surface area contributed by atoms with E-state index in [4.69, 9.17) is 0 Å². The summed E-state index contributed by atoms with van der Waals surface area (Å²) in [6.07, 6.45) is 3.64. The van der Waals surface area contributed by atoms with Gasteiger partial charge >= 0.3 is 0 Å². The molecule has 0 aliphatic carbocycles. The number of carbonyl (C=O) groups excluding carboxylic acids is 1. The maximum absolute atomic E-state index is 10.9. The van der Waals surface area contributed by atoms with Crippen LogP contribution in [0.3, 0.4) is 0 Å². The summed E-state index contributed by atoms with van der Waals surface area (Å²) in [4.78, 5) is 15.2. The van der Waals surface area contributed by atoms with Crippen LogP contribution in [0.5, 0.6) is 0 Å². The van der Waals surface area contributed by atoms with Gasteiger partial charge in [0.15, 0.2) is 0 Å². The van der Waals surface area contributed by atoms with Gasteiger partial charge in [-0.1, -0.05) is 12.1 Å². The summed E-state index contributed by atoms with van der Waals surface area (Å²) < 4.78 is 1.94. The molecule has 16 heavy (non-hydrogen) atoms. The molecule has 0 saturated carbocycles. The summed E-state index contributed by atoms with van der Waals surface area (Å²) in [6.45, 7) is 1.49. The molecule has 1 N–H and O–H groups in total. The molecule has 0 saturated heterocycles. The third-order valence-electron chi connectivity index (χ3n) is 2.26. The van der Waals surface area contributed by atoms with Gasteiger partial charge in [0.2, 0.25) is 5.91 Å². The fraction of sp³-hybridized carbons (Fsp3) is 0.167. The molecule has 1 aromatic carbocycles. The first-order chi connectivity index (χ1) is 7.66. The van der Waals surface area contributed by atoms with Crippen LogP contribution in [0.15, 0.2) is 36.7 Å². The molecule has 0 aliphatic rings. The first-order valence-corrected chi connectivity index (χ1v) is 5.02. The van der Waals surface area contributed by atoms with Gasteiger partial charge in [0.05, 0.1) is 0 Å². The number of hydrogen-bond donors (Lipinski definition) is 1. The molecule has 0 bridgehead atoms. The van der Waals surface area contributed by atoms with Gasteiger partial charge in [0, 0.05) is 37.6 Å². The van der Waals surface area contributed by atoms with E-state index in [1.54, 1.807) is 6.20 Å². The minimum Gasteiger partial charge on any atom is -0.334 e. The first-order valence-electron chi connectivity index (χ1n) is 5.02. The Hall–Kier alpha value is -2.10. The van der Waals surface area contributed by atoms with Crippen molar-refractivity contribution in [3.8, 4) is 11.4 Å². The van der Waals surface area contributed by atoms with Gasteiger partial charge in [0.1, 0.15) is 5.82 Å². The zero-order valence-corrected chi connectivity index (χ0v) is 9.27. The Morgan fingerprint density at radius 2 is 2.25 bits per heavy atom. The molecule has 2 aromatic rings. The highest BCUT2D eigenvalue weighted by molar-refractivity contribution is 5.89. The lowest BCUT2D eigenvalue weighted by Gasteiger charge is -2.05. The second-order valence-electron chi connectivity index (χ2n) is 3.62. The van der Waals surface area contributed by atoms with Crippen molar-refractivity contribution in [2.75, 3.05) is 5.32 Å². The third kappa shape index (κ3) is 2.11. The molecule has 4 nitrogen and oxygen atoms in total. The molecule has 0 unspecified atom stereocenters. The van der Waals surface area contributed by atoms with Crippen molar-refractivity contribution in [1.82, 2.24) is 9.55 Å². The van der Waals surface area contributed by atoms with Crippen LogP contribution in [0.25, 0.3) is 11.4 Å². The summed E-state index contributed by atoms with van der Waals surface area (Å²) in [5, 5.41) is 2.75. The van der Waals surface area contributed by atoms with Crippen molar-refractivity contribution in [3.05, 3.63) is 36.7 Å². The van der Waals surface area contributed by atoms with E-state index in [2.05, 4.69) is 10.3 Å². The monoisotopic (exact) mass is 215 g/mol. The van der Waals surface area contributed by atoms with Gasteiger partial charge in [-0.2, -0.15) is 0 Å². The fourth-order valence-corrected chi connectivity index (χ4v) is 1.58. The van der Waals surface area contributed by atoms with Gasteiger partial charge in [-0.15, -0.1) is 0 Å². The van der Waals surface area contributed by atoms with Crippen LogP contribution in [0.1, 0.15) is 6.92 Å². The summed E-state index contributed by atoms with van der Waals surface area (Å²) in [5.41, 5.74) is 1.77. The Balaban J connectivity index is 2.36. The van der Waals surface area contributed by atoms with Gasteiger partial charge < -0.3 is 9.88 Å². The van der Waals surface area contributed by atoms with Crippen LogP contribution in [0.2, 0.25) is 0 Å². The number of rotatable bonds is 2. The Morgan fingerprint density at radius 3 is 2.88 bits per heavy atom. The number of aryl methyl sites for hydroxylation is 1. The Labute approximate surface area is 93.9 Å². The van der Waals surface area contributed by atoms with E-state index in [0.29, 0.717) is 0 Å². The largest absolute Gasteiger partial charge is 0.334 e. The second-order valence-corrected chi connectivity index (χ2v) is 3.62. The summed E-state index contributed by atoms with van der Waals surface area (Å²) in [7, 11) is 1.94. The number of amides is 1. The standard InChI is InChI=1S/C12H13N3O/c1-9(16)14-11-5-3-4-10(8-11)12-13-6-7-15(12)2/h3-8H,1-2H3,(H,14,16). The summed E-state index contributed by atoms with van der Waals surface area (Å²) in [6, 6.07) is 7.63. The molecule has 1 aromatic heterocycles. The highest BCUT2D eigenvalue weighted by Gasteiger charge is 2.04. The number of benzene rings is 1. The predicted octanol–water partition coefficient (Wildman–Crippen LogP) is 2.05. The van der Waals surface area contributed by atoms with Crippen molar-refractivity contribution < 1.29 is 4.79 Å². The minimum atomic E-state index is -0.0722. The third-order valence-corrected chi connectivity index (χ3v) is 2.26. The van der Waals surface area contributed by atoms with Crippen LogP contribution in [-0.2, 0) is 11.8 Å². The van der Waals surface area contributed by atoms with Crippen LogP contribution in [0, 0.1) is 0 Å². The molecular formula is C12H13N3O. The molecule has 1 heterocycles. The lowest BCUT2D eigenvalue weighted by atomic mass is 10.2. The van der Waals surface area contributed by atoms with E-state index < -0.39 is 0 Å². The molecule has 0 atom stereocenters. The quantitative estimate of drug-likeness (QED) is 0.833. The number of nitrogens with one attached hydrogen (secondary N) is 1. The van der Waals surface area contributed by atoms with E-state index in [-0.39, 0.29) is 5.91 Å². The summed E-state index contributed by atoms with van der Waals surface area (Å²) in [5.74, 6) is 0.809. The van der Waals surface area contributed by atoms with Crippen molar-refractivity contribution >= 4 is 11.6 Å². The lowest BCUT2D eigenvalue weighted by molar-refractivity contribution is -0.114. The Kier molecular flexibility index (Phi) is 2.72. The highest BCUT2D eigenvalue weighted by Crippen LogP contribution is 2.20. The first kappa shape index (κ1) is 10.4. The topological polar surface area (TPSA) is 46.9 Å². The van der Waals surface area contributed by atoms with Gasteiger partial charge in [-0.3, -0.25) is 4.79 Å². The van der Waals surface area contributed by atoms with Gasteiger partial charge in [0.25, 0.3) is 0 Å². The maximum atomic E-state index is 10.9. The normalized spacial score (nSPS) is 10.1. The van der Waals surface area contributed by atoms with Gasteiger partial charge in [-0.05, 0) is 12.1 Å². The predicted molar refractivity (Wildman–Crippen MR) is 62.9 cm³/mol. The lowest BCUT2D eigenvalue weighted by Crippen LogP contribution is -2.05. The second kappa shape index (κ2) is 4.18. The number of carbonyl (C=O) groups is 1. The maximum Gasteiger partial charge on any atom is 0.221 e. The van der Waals surface area contributed by atoms with Crippen molar-refractivity contribution in [2.45, 2.75) is 6.92 Å². The molecule has 2 rings (SSSR count). The van der Waals surface area contributed by atoms with Crippen LogP contribution < -0.4 is 5.32 Å². The average molecular weight is 215 g/mol. The molecule has 1 amide bonds. The van der Waals surface area contributed by atoms with Crippen molar-refractivity contribution in [1.29, 1.82) is 0 Å². The number of aromatic nitrogens is 2. The van der Waals surface area contributed by atoms with Crippen LogP contribution >= 0.6 is 0 Å². The van der Waals surface area contributed by atoms with E-state index >= 15 is 0 Å². The smallest absolute Gasteiger partial charge is 0.221 e. The fourth-order valence-electron chi connectivity index (χ4n) is 1.58. The summed E-state index contributed by atoms with van der Waals surface area (Å²) >= 11 is 0. The van der Waals surface area contributed by atoms with Crippen molar-refractivity contribution in [2.24, 2.45) is 7.05 Å². The molecule has 0 radical (unpaired) electrons. The molecular weight excluding hydrogens is 202 g/mol. The van der Waals surface area contributed by atoms with Gasteiger partial charge in [-0.25, -0.2) is 4.98 Å². The van der Waals surface area contributed by atoms with Crippen LogP contribution in [-0.4, -0.2) is 15.5 Å². The Bertz CT molecular complexity index is 516. The molecule has 4 heteroatoms. The molecule has 0 spiro atoms. The van der Waals surface area contributed by atoms with Crippen LogP contribution in [0.4, 0.5) is 5.69 Å². The number of nitrogens with zero attached hydrogens (tertiary/aromatic N) is 2.